The van der Waals surface area contributed by atoms with Gasteiger partial charge in [-0.25, -0.2) is 9.18 Å². The van der Waals surface area contributed by atoms with Gasteiger partial charge in [0.1, 0.15) is 11.9 Å². The normalized spacial score (nSPS) is 28.5. The average molecular weight is 466 g/mol. The van der Waals surface area contributed by atoms with Gasteiger partial charge < -0.3 is 15.1 Å². The molecule has 3 fully saturated rings. The molecule has 178 valence electrons. The molecule has 7 nitrogen and oxygen atoms in total. The van der Waals surface area contributed by atoms with Gasteiger partial charge in [-0.2, -0.15) is 0 Å². The third kappa shape index (κ3) is 4.42. The highest BCUT2D eigenvalue weighted by Crippen LogP contribution is 2.59. The molecule has 8 heteroatoms. The number of rotatable bonds is 6. The van der Waals surface area contributed by atoms with E-state index in [9.17, 15) is 18.8 Å². The zero-order valence-corrected chi connectivity index (χ0v) is 18.8. The number of nitrogens with one attached hydrogen (secondary N) is 2. The van der Waals surface area contributed by atoms with Gasteiger partial charge >= 0.3 is 5.97 Å². The van der Waals surface area contributed by atoms with Crippen molar-refractivity contribution in [2.24, 2.45) is 5.41 Å². The molecule has 0 bridgehead atoms. The predicted octanol–water partition coefficient (Wildman–Crippen LogP) is 2.76. The smallest absolute Gasteiger partial charge is 0.356 e. The maximum Gasteiger partial charge on any atom is 0.356 e. The van der Waals surface area contributed by atoms with Crippen molar-refractivity contribution in [3.63, 3.8) is 0 Å². The quantitative estimate of drug-likeness (QED) is 0.641. The maximum absolute atomic E-state index is 13.3. The Bertz CT molecular complexity index is 1080. The van der Waals surface area contributed by atoms with Crippen LogP contribution in [0, 0.1) is 11.2 Å². The van der Waals surface area contributed by atoms with Crippen LogP contribution in [0.15, 0.2) is 54.6 Å². The Morgan fingerprint density at radius 2 is 1.88 bits per heavy atom. The van der Waals surface area contributed by atoms with Crippen LogP contribution in [0.2, 0.25) is 0 Å². The van der Waals surface area contributed by atoms with Crippen LogP contribution in [0.3, 0.4) is 0 Å². The first-order valence-corrected chi connectivity index (χ1v) is 11.8. The zero-order chi connectivity index (χ0) is 23.7. The van der Waals surface area contributed by atoms with Crippen LogP contribution in [0.4, 0.5) is 4.39 Å². The van der Waals surface area contributed by atoms with Gasteiger partial charge in [-0.05, 0) is 49.1 Å². The molecule has 5 rings (SSSR count). The van der Waals surface area contributed by atoms with Crippen LogP contribution < -0.4 is 10.8 Å². The lowest BCUT2D eigenvalue weighted by Gasteiger charge is -2.38. The molecule has 1 spiro atoms. The van der Waals surface area contributed by atoms with E-state index in [1.807, 2.05) is 6.07 Å². The summed E-state index contributed by atoms with van der Waals surface area (Å²) in [7, 11) is 0. The van der Waals surface area contributed by atoms with E-state index in [0.29, 0.717) is 12.0 Å². The van der Waals surface area contributed by atoms with Gasteiger partial charge in [-0.15, -0.1) is 5.48 Å². The van der Waals surface area contributed by atoms with Crippen LogP contribution >= 0.6 is 0 Å². The van der Waals surface area contributed by atoms with Gasteiger partial charge in [0.25, 0.3) is 0 Å². The molecule has 2 aromatic rings. The fourth-order valence-electron chi connectivity index (χ4n) is 5.56. The van der Waals surface area contributed by atoms with Crippen molar-refractivity contribution in [2.75, 3.05) is 6.54 Å². The molecule has 2 unspecified atom stereocenters. The molecule has 2 N–H and O–H groups in total. The summed E-state index contributed by atoms with van der Waals surface area (Å²) in [5.74, 6) is -1.08. The third-order valence-corrected chi connectivity index (χ3v) is 7.42. The first-order chi connectivity index (χ1) is 16.5. The van der Waals surface area contributed by atoms with Gasteiger partial charge in [0.05, 0.1) is 18.2 Å². The van der Waals surface area contributed by atoms with E-state index < -0.39 is 12.0 Å². The molecule has 3 aliphatic rings. The Kier molecular flexibility index (Phi) is 6.08. The molecule has 0 aromatic heterocycles. The third-order valence-electron chi connectivity index (χ3n) is 7.42. The molecule has 2 aromatic carbocycles. The highest BCUT2D eigenvalue weighted by atomic mass is 19.1. The van der Waals surface area contributed by atoms with Crippen molar-refractivity contribution in [2.45, 2.75) is 56.7 Å². The molecule has 1 heterocycles. The lowest BCUT2D eigenvalue weighted by Crippen LogP contribution is -2.60. The topological polar surface area (TPSA) is 87.7 Å². The second-order valence-electron chi connectivity index (χ2n) is 9.54. The lowest BCUT2D eigenvalue weighted by atomic mass is 9.81. The van der Waals surface area contributed by atoms with Gasteiger partial charge in [-0.3, -0.25) is 9.59 Å². The summed E-state index contributed by atoms with van der Waals surface area (Å²) in [6.45, 7) is 0.0295. The molecule has 2 saturated carbocycles. The number of benzene rings is 2. The minimum absolute atomic E-state index is 0.0295. The largest absolute Gasteiger partial charge is 0.366 e. The second kappa shape index (κ2) is 9.18. The Morgan fingerprint density at radius 1 is 1.12 bits per heavy atom. The van der Waals surface area contributed by atoms with Crippen LogP contribution in [0.1, 0.15) is 48.0 Å². The average Bonchev–Trinajstić information content (AvgIpc) is 3.56. The molecule has 4 atom stereocenters. The van der Waals surface area contributed by atoms with Gasteiger partial charge in [0.15, 0.2) is 0 Å². The summed E-state index contributed by atoms with van der Waals surface area (Å²) >= 11 is 0. The first kappa shape index (κ1) is 22.5. The molecule has 1 saturated heterocycles. The number of halogens is 1. The number of amides is 2. The van der Waals surface area contributed by atoms with E-state index in [2.05, 4.69) is 10.8 Å². The monoisotopic (exact) mass is 465 g/mol. The highest BCUT2D eigenvalue weighted by Gasteiger charge is 2.64. The molecule has 34 heavy (non-hydrogen) atoms. The number of carbonyl (C=O) groups is 3. The van der Waals surface area contributed by atoms with Crippen molar-refractivity contribution < 1.29 is 23.6 Å². The standard InChI is InChI=1S/C26H28FN3O4/c27-19-11-9-17(10-12-19)14-20-24(32)30(16-23(31)28-20)22-15-26(22)13-5-4-8-21(26)29-34-25(33)18-6-2-1-3-7-18/h1-3,6-7,9-12,20-22,29H,4-5,8,13-16H2,(H,28,31)/t20-,21+,22?,26?/m0/s1. The maximum atomic E-state index is 13.3. The molecule has 1 aliphatic heterocycles. The zero-order valence-electron chi connectivity index (χ0n) is 18.8. The number of hydrogen-bond acceptors (Lipinski definition) is 5. The Morgan fingerprint density at radius 3 is 2.65 bits per heavy atom. The minimum atomic E-state index is -0.671. The van der Waals surface area contributed by atoms with E-state index in [-0.39, 0.29) is 41.7 Å². The number of hydroxylamine groups is 1. The predicted molar refractivity (Wildman–Crippen MR) is 122 cm³/mol. The first-order valence-electron chi connectivity index (χ1n) is 11.8. The van der Waals surface area contributed by atoms with Crippen LogP contribution in [-0.4, -0.2) is 47.4 Å². The van der Waals surface area contributed by atoms with Gasteiger partial charge in [-0.1, -0.05) is 43.2 Å². The van der Waals surface area contributed by atoms with Crippen molar-refractivity contribution >= 4 is 17.8 Å². The SMILES string of the molecule is O=C1CN(C2CC23CCCC[C@H]3NOC(=O)c2ccccc2)C(=O)[C@H](Cc2ccc(F)cc2)N1. The number of carbonyl (C=O) groups excluding carboxylic acids is 3. The molecule has 2 aliphatic carbocycles. The molecule has 0 radical (unpaired) electrons. The number of piperazine rings is 1. The van der Waals surface area contributed by atoms with E-state index in [1.54, 1.807) is 41.3 Å². The molecular weight excluding hydrogens is 437 g/mol. The fourth-order valence-corrected chi connectivity index (χ4v) is 5.56. The van der Waals surface area contributed by atoms with Gasteiger partial charge in [0, 0.05) is 17.9 Å². The Balaban J connectivity index is 1.26. The van der Waals surface area contributed by atoms with Crippen LogP contribution in [0.25, 0.3) is 0 Å². The number of nitrogens with zero attached hydrogens (tertiary/aromatic N) is 1. The highest BCUT2D eigenvalue weighted by molar-refractivity contribution is 5.95. The summed E-state index contributed by atoms with van der Waals surface area (Å²) in [4.78, 5) is 45.4. The Labute approximate surface area is 197 Å². The van der Waals surface area contributed by atoms with E-state index in [1.165, 1.54) is 12.1 Å². The van der Waals surface area contributed by atoms with Crippen molar-refractivity contribution in [1.29, 1.82) is 0 Å². The molecule has 2 amide bonds. The summed E-state index contributed by atoms with van der Waals surface area (Å²) in [6, 6.07) is 14.0. The van der Waals surface area contributed by atoms with E-state index >= 15 is 0 Å². The second-order valence-corrected chi connectivity index (χ2v) is 9.54. The summed E-state index contributed by atoms with van der Waals surface area (Å²) in [5, 5.41) is 2.79. The molecular formula is C26H28FN3O4. The van der Waals surface area contributed by atoms with Crippen molar-refractivity contribution in [3.05, 3.63) is 71.5 Å². The summed E-state index contributed by atoms with van der Waals surface area (Å²) < 4.78 is 13.2. The lowest BCUT2D eigenvalue weighted by molar-refractivity contribution is -0.145. The Hall–Kier alpha value is -3.26. The number of hydrogen-bond donors (Lipinski definition) is 2. The van der Waals surface area contributed by atoms with Crippen LogP contribution in [0.5, 0.6) is 0 Å². The van der Waals surface area contributed by atoms with E-state index in [4.69, 9.17) is 4.84 Å². The van der Waals surface area contributed by atoms with Crippen molar-refractivity contribution in [1.82, 2.24) is 15.7 Å². The van der Waals surface area contributed by atoms with E-state index in [0.717, 1.165) is 37.7 Å². The fraction of sp³-hybridized carbons (Fsp3) is 0.423. The summed E-state index contributed by atoms with van der Waals surface area (Å²) in [6.07, 6.45) is 4.89. The van der Waals surface area contributed by atoms with Crippen molar-refractivity contribution in [3.8, 4) is 0 Å². The summed E-state index contributed by atoms with van der Waals surface area (Å²) in [5.41, 5.74) is 4.06. The van der Waals surface area contributed by atoms with Crippen LogP contribution in [-0.2, 0) is 20.8 Å². The van der Waals surface area contributed by atoms with Gasteiger partial charge in [0.2, 0.25) is 11.8 Å². The minimum Gasteiger partial charge on any atom is -0.366 e.